The summed E-state index contributed by atoms with van der Waals surface area (Å²) in [6.07, 6.45) is 1.72. The summed E-state index contributed by atoms with van der Waals surface area (Å²) in [6.45, 7) is 3.70. The van der Waals surface area contributed by atoms with Gasteiger partial charge in [0.05, 0.1) is 18.9 Å². The summed E-state index contributed by atoms with van der Waals surface area (Å²) >= 11 is 0. The normalized spacial score (nSPS) is 14.5. The minimum Gasteiger partial charge on any atom is -0.368 e. The van der Waals surface area contributed by atoms with Crippen molar-refractivity contribution in [1.29, 1.82) is 0 Å². The molecule has 0 bridgehead atoms. The fourth-order valence-electron chi connectivity index (χ4n) is 2.66. The monoisotopic (exact) mass is 330 g/mol. The topological polar surface area (TPSA) is 105 Å². The lowest BCUT2D eigenvalue weighted by Gasteiger charge is -2.29. The van der Waals surface area contributed by atoms with Gasteiger partial charge in [0.15, 0.2) is 5.69 Å². The van der Waals surface area contributed by atoms with E-state index < -0.39 is 10.8 Å². The Morgan fingerprint density at radius 1 is 1.29 bits per heavy atom. The Morgan fingerprint density at radius 2 is 2.04 bits per heavy atom. The molecule has 3 rings (SSSR count). The number of aromatic nitrogens is 2. The smallest absolute Gasteiger partial charge is 0.323 e. The maximum absolute atomic E-state index is 12.2. The van der Waals surface area contributed by atoms with E-state index in [0.717, 1.165) is 31.9 Å². The maximum Gasteiger partial charge on any atom is 0.323 e. The summed E-state index contributed by atoms with van der Waals surface area (Å²) < 4.78 is 1.24. The number of amides is 1. The Labute approximate surface area is 138 Å². The molecule has 0 spiro atoms. The van der Waals surface area contributed by atoms with Crippen LogP contribution >= 0.6 is 0 Å². The quantitative estimate of drug-likeness (QED) is 0.640. The number of carbonyl (C=O) groups excluding carboxylic acids is 1. The number of carbonyl (C=O) groups is 1. The van der Waals surface area contributed by atoms with E-state index in [-0.39, 0.29) is 11.5 Å². The third kappa shape index (κ3) is 3.20. The molecule has 9 heteroatoms. The molecular weight excluding hydrogens is 312 g/mol. The molecule has 2 aromatic rings. The number of nitro groups is 1. The fraction of sp³-hybridized carbons (Fsp3) is 0.333. The van der Waals surface area contributed by atoms with Crippen LogP contribution in [-0.4, -0.2) is 46.6 Å². The molecule has 0 aliphatic carbocycles. The lowest BCUT2D eigenvalue weighted by atomic mass is 10.3. The molecule has 1 aliphatic rings. The van der Waals surface area contributed by atoms with E-state index in [2.05, 4.69) is 20.5 Å². The van der Waals surface area contributed by atoms with Crippen LogP contribution in [0.25, 0.3) is 0 Å². The first-order valence-corrected chi connectivity index (χ1v) is 7.59. The van der Waals surface area contributed by atoms with Crippen molar-refractivity contribution in [2.75, 3.05) is 36.4 Å². The number of hydrogen-bond donors (Lipinski definition) is 2. The number of pyridine rings is 1. The van der Waals surface area contributed by atoms with Crippen LogP contribution in [-0.2, 0) is 7.05 Å². The molecule has 3 heterocycles. The predicted octanol–water partition coefficient (Wildman–Crippen LogP) is 0.990. The molecule has 126 valence electrons. The van der Waals surface area contributed by atoms with Gasteiger partial charge in [-0.2, -0.15) is 0 Å². The number of nitrogens with one attached hydrogen (secondary N) is 2. The van der Waals surface area contributed by atoms with Crippen molar-refractivity contribution in [3.8, 4) is 0 Å². The molecule has 1 saturated heterocycles. The van der Waals surface area contributed by atoms with E-state index in [9.17, 15) is 14.9 Å². The van der Waals surface area contributed by atoms with Gasteiger partial charge < -0.3 is 25.6 Å². The minimum absolute atomic E-state index is 0.137. The molecule has 1 fully saturated rings. The van der Waals surface area contributed by atoms with Crippen LogP contribution in [0.1, 0.15) is 10.5 Å². The van der Waals surface area contributed by atoms with Gasteiger partial charge in [-0.1, -0.05) is 0 Å². The van der Waals surface area contributed by atoms with Crippen molar-refractivity contribution >= 4 is 23.2 Å². The van der Waals surface area contributed by atoms with Crippen LogP contribution in [0.15, 0.2) is 30.5 Å². The number of hydrogen-bond acceptors (Lipinski definition) is 6. The zero-order chi connectivity index (χ0) is 17.1. The molecule has 0 radical (unpaired) electrons. The molecule has 24 heavy (non-hydrogen) atoms. The van der Waals surface area contributed by atoms with E-state index in [1.54, 1.807) is 12.3 Å². The molecule has 2 N–H and O–H groups in total. The number of piperazine rings is 1. The second-order valence-electron chi connectivity index (χ2n) is 5.49. The second-order valence-corrected chi connectivity index (χ2v) is 5.49. The zero-order valence-electron chi connectivity index (χ0n) is 13.2. The summed E-state index contributed by atoms with van der Waals surface area (Å²) in [5.41, 5.74) is 1.21. The molecule has 0 aromatic carbocycles. The van der Waals surface area contributed by atoms with E-state index in [1.807, 2.05) is 6.07 Å². The van der Waals surface area contributed by atoms with Gasteiger partial charge in [0.25, 0.3) is 5.91 Å². The first kappa shape index (κ1) is 15.9. The first-order valence-electron chi connectivity index (χ1n) is 7.59. The lowest BCUT2D eigenvalue weighted by Crippen LogP contribution is -2.43. The highest BCUT2D eigenvalue weighted by atomic mass is 16.6. The molecule has 0 atom stereocenters. The molecule has 0 saturated carbocycles. The summed E-state index contributed by atoms with van der Waals surface area (Å²) in [4.78, 5) is 29.0. The van der Waals surface area contributed by atoms with Gasteiger partial charge in [0.2, 0.25) is 0 Å². The Kier molecular flexibility index (Phi) is 4.43. The average molecular weight is 330 g/mol. The van der Waals surface area contributed by atoms with Gasteiger partial charge >= 0.3 is 5.82 Å². The molecule has 0 unspecified atom stereocenters. The molecular formula is C15H18N6O3. The molecule has 1 amide bonds. The largest absolute Gasteiger partial charge is 0.368 e. The van der Waals surface area contributed by atoms with Gasteiger partial charge in [-0.3, -0.25) is 4.79 Å². The Hall–Kier alpha value is -2.94. The highest BCUT2D eigenvalue weighted by Crippen LogP contribution is 2.18. The minimum atomic E-state index is -0.530. The van der Waals surface area contributed by atoms with Crippen molar-refractivity contribution in [2.45, 2.75) is 0 Å². The number of anilines is 2. The van der Waals surface area contributed by atoms with Crippen LogP contribution < -0.4 is 15.5 Å². The lowest BCUT2D eigenvalue weighted by molar-refractivity contribution is -0.391. The van der Waals surface area contributed by atoms with E-state index in [4.69, 9.17) is 0 Å². The van der Waals surface area contributed by atoms with Crippen molar-refractivity contribution in [3.63, 3.8) is 0 Å². The van der Waals surface area contributed by atoms with Gasteiger partial charge in [-0.25, -0.2) is 9.55 Å². The summed E-state index contributed by atoms with van der Waals surface area (Å²) in [7, 11) is 1.48. The summed E-state index contributed by atoms with van der Waals surface area (Å²) in [5, 5.41) is 16.8. The van der Waals surface area contributed by atoms with Crippen LogP contribution in [0.5, 0.6) is 0 Å². The molecule has 2 aromatic heterocycles. The third-order valence-electron chi connectivity index (χ3n) is 3.99. The Bertz CT molecular complexity index is 749. The fourth-order valence-corrected chi connectivity index (χ4v) is 2.66. The zero-order valence-corrected chi connectivity index (χ0v) is 13.2. The van der Waals surface area contributed by atoms with Crippen LogP contribution in [0.3, 0.4) is 0 Å². The highest BCUT2D eigenvalue weighted by Gasteiger charge is 2.21. The van der Waals surface area contributed by atoms with Crippen molar-refractivity contribution in [3.05, 3.63) is 46.3 Å². The van der Waals surface area contributed by atoms with Crippen molar-refractivity contribution < 1.29 is 9.72 Å². The maximum atomic E-state index is 12.2. The van der Waals surface area contributed by atoms with Gasteiger partial charge in [-0.05, 0) is 23.1 Å². The first-order chi connectivity index (χ1) is 11.6. The number of rotatable bonds is 4. The highest BCUT2D eigenvalue weighted by molar-refractivity contribution is 6.03. The molecule has 1 aliphatic heterocycles. The summed E-state index contributed by atoms with van der Waals surface area (Å²) in [5.74, 6) is -0.169. The Balaban J connectivity index is 1.69. The second kappa shape index (κ2) is 6.67. The standard InChI is InChI=1S/C15H18N6O3/c1-19-12(3-5-14(19)21(23)24)15(22)18-13-4-2-11(10-17-13)20-8-6-16-7-9-20/h2-5,10,16H,6-9H2,1H3,(H,17,18,22). The van der Waals surface area contributed by atoms with Crippen LogP contribution in [0.2, 0.25) is 0 Å². The van der Waals surface area contributed by atoms with E-state index in [1.165, 1.54) is 23.7 Å². The predicted molar refractivity (Wildman–Crippen MR) is 89.3 cm³/mol. The van der Waals surface area contributed by atoms with Crippen molar-refractivity contribution in [1.82, 2.24) is 14.9 Å². The third-order valence-corrected chi connectivity index (χ3v) is 3.99. The van der Waals surface area contributed by atoms with Crippen LogP contribution in [0, 0.1) is 10.1 Å². The summed E-state index contributed by atoms with van der Waals surface area (Å²) in [6, 6.07) is 6.35. The molecule has 9 nitrogen and oxygen atoms in total. The Morgan fingerprint density at radius 3 is 2.62 bits per heavy atom. The van der Waals surface area contributed by atoms with E-state index in [0.29, 0.717) is 5.82 Å². The number of nitrogens with zero attached hydrogens (tertiary/aromatic N) is 4. The van der Waals surface area contributed by atoms with E-state index >= 15 is 0 Å². The van der Waals surface area contributed by atoms with Gasteiger partial charge in [-0.15, -0.1) is 0 Å². The average Bonchev–Trinajstić information content (AvgIpc) is 2.98. The van der Waals surface area contributed by atoms with Gasteiger partial charge in [0, 0.05) is 32.2 Å². The SMILES string of the molecule is Cn1c(C(=O)Nc2ccc(N3CCNCC3)cn2)ccc1[N+](=O)[O-]. The van der Waals surface area contributed by atoms with Crippen molar-refractivity contribution in [2.24, 2.45) is 7.05 Å². The van der Waals surface area contributed by atoms with Gasteiger partial charge in [0.1, 0.15) is 5.82 Å². The van der Waals surface area contributed by atoms with Crippen LogP contribution in [0.4, 0.5) is 17.3 Å².